The average molecular weight is 294 g/mol. The van der Waals surface area contributed by atoms with Gasteiger partial charge < -0.3 is 10.5 Å². The van der Waals surface area contributed by atoms with Crippen molar-refractivity contribution < 1.29 is 4.74 Å². The fourth-order valence-electron chi connectivity index (χ4n) is 2.86. The van der Waals surface area contributed by atoms with Gasteiger partial charge in [0.25, 0.3) is 0 Å². The largest absolute Gasteiger partial charge is 0.481 e. The van der Waals surface area contributed by atoms with Crippen molar-refractivity contribution in [1.29, 1.82) is 0 Å². The Morgan fingerprint density at radius 1 is 1.23 bits per heavy atom. The van der Waals surface area contributed by atoms with Gasteiger partial charge in [0.05, 0.1) is 30.6 Å². The number of methoxy groups -OCH3 is 1. The van der Waals surface area contributed by atoms with Gasteiger partial charge in [-0.05, 0) is 31.0 Å². The van der Waals surface area contributed by atoms with E-state index in [1.165, 1.54) is 12.8 Å². The third-order valence-corrected chi connectivity index (χ3v) is 4.10. The smallest absolute Gasteiger partial charge is 0.213 e. The van der Waals surface area contributed by atoms with Crippen LogP contribution in [0.2, 0.25) is 0 Å². The van der Waals surface area contributed by atoms with Crippen LogP contribution in [0.5, 0.6) is 5.88 Å². The van der Waals surface area contributed by atoms with Crippen LogP contribution in [-0.2, 0) is 6.54 Å². The molecule has 0 atom stereocenters. The second kappa shape index (κ2) is 5.02. The molecule has 4 rings (SSSR count). The Morgan fingerprint density at radius 3 is 2.82 bits per heavy atom. The highest BCUT2D eigenvalue weighted by molar-refractivity contribution is 5.93. The number of nitrogens with two attached hydrogens (primary N) is 1. The number of aromatic nitrogens is 3. The van der Waals surface area contributed by atoms with Crippen LogP contribution in [0.4, 0.5) is 5.69 Å². The van der Waals surface area contributed by atoms with E-state index in [1.54, 1.807) is 7.11 Å². The zero-order valence-electron chi connectivity index (χ0n) is 12.5. The molecule has 0 bridgehead atoms. The number of fused-ring (bicyclic) bond motifs is 1. The molecule has 2 aromatic heterocycles. The first-order valence-electron chi connectivity index (χ1n) is 7.51. The molecule has 0 aliphatic heterocycles. The maximum absolute atomic E-state index is 6.19. The van der Waals surface area contributed by atoms with Gasteiger partial charge in [-0.15, -0.1) is 0 Å². The Bertz CT molecular complexity index is 836. The van der Waals surface area contributed by atoms with E-state index in [-0.39, 0.29) is 0 Å². The number of ether oxygens (including phenoxy) is 1. The molecule has 0 amide bonds. The Balaban J connectivity index is 1.79. The molecule has 5 nitrogen and oxygen atoms in total. The molecule has 112 valence electrons. The van der Waals surface area contributed by atoms with Gasteiger partial charge in [0.15, 0.2) is 0 Å². The third-order valence-electron chi connectivity index (χ3n) is 4.10. The lowest BCUT2D eigenvalue weighted by molar-refractivity contribution is 0.395. The van der Waals surface area contributed by atoms with Gasteiger partial charge in [0.2, 0.25) is 5.88 Å². The normalized spacial score (nSPS) is 14.4. The van der Waals surface area contributed by atoms with Crippen molar-refractivity contribution in [3.05, 3.63) is 47.8 Å². The Morgan fingerprint density at radius 2 is 2.05 bits per heavy atom. The molecule has 1 aliphatic rings. The fourth-order valence-corrected chi connectivity index (χ4v) is 2.86. The molecule has 2 N–H and O–H groups in total. The van der Waals surface area contributed by atoms with Crippen molar-refractivity contribution in [2.45, 2.75) is 25.3 Å². The molecule has 0 unspecified atom stereocenters. The highest BCUT2D eigenvalue weighted by Crippen LogP contribution is 2.43. The first-order valence-corrected chi connectivity index (χ1v) is 7.51. The van der Waals surface area contributed by atoms with Gasteiger partial charge in [0.1, 0.15) is 0 Å². The number of nitrogen functional groups attached to an aromatic ring is 1. The number of benzene rings is 1. The molecule has 2 heterocycles. The zero-order valence-corrected chi connectivity index (χ0v) is 12.5. The Labute approximate surface area is 128 Å². The molecular formula is C17H18N4O. The van der Waals surface area contributed by atoms with Gasteiger partial charge >= 0.3 is 0 Å². The molecule has 1 saturated carbocycles. The maximum Gasteiger partial charge on any atom is 0.213 e. The van der Waals surface area contributed by atoms with Crippen molar-refractivity contribution in [3.8, 4) is 5.88 Å². The number of pyridine rings is 1. The van der Waals surface area contributed by atoms with E-state index in [0.29, 0.717) is 18.3 Å². The van der Waals surface area contributed by atoms with E-state index < -0.39 is 0 Å². The van der Waals surface area contributed by atoms with Crippen LogP contribution in [-0.4, -0.2) is 21.9 Å². The van der Waals surface area contributed by atoms with Gasteiger partial charge in [-0.25, -0.2) is 4.98 Å². The lowest BCUT2D eigenvalue weighted by atomic mass is 10.1. The second-order valence-electron chi connectivity index (χ2n) is 5.73. The van der Waals surface area contributed by atoms with Gasteiger partial charge in [-0.2, -0.15) is 5.10 Å². The highest BCUT2D eigenvalue weighted by Gasteiger charge is 2.29. The van der Waals surface area contributed by atoms with Crippen LogP contribution in [0.3, 0.4) is 0 Å². The van der Waals surface area contributed by atoms with Crippen molar-refractivity contribution in [3.63, 3.8) is 0 Å². The average Bonchev–Trinajstić information content (AvgIpc) is 3.31. The van der Waals surface area contributed by atoms with Gasteiger partial charge in [-0.1, -0.05) is 12.1 Å². The van der Waals surface area contributed by atoms with Crippen LogP contribution in [0, 0.1) is 0 Å². The second-order valence-corrected chi connectivity index (χ2v) is 5.73. The molecule has 0 spiro atoms. The molecule has 0 saturated heterocycles. The predicted molar refractivity (Wildman–Crippen MR) is 86.0 cm³/mol. The Hall–Kier alpha value is -2.56. The first-order chi connectivity index (χ1) is 10.8. The third kappa shape index (κ3) is 2.19. The minimum absolute atomic E-state index is 0.562. The van der Waals surface area contributed by atoms with Crippen LogP contribution < -0.4 is 10.5 Å². The minimum atomic E-state index is 0.562. The predicted octanol–water partition coefficient (Wildman–Crippen LogP) is 2.95. The van der Waals surface area contributed by atoms with Crippen LogP contribution in [0.1, 0.15) is 30.1 Å². The molecule has 5 heteroatoms. The standard InChI is InChI=1S/C17H18N4O/c1-22-15-7-2-4-12(19-15)10-21-14-6-3-5-13(18)16(14)17(20-21)11-8-9-11/h2-7,11H,8-10,18H2,1H3. The summed E-state index contributed by atoms with van der Waals surface area (Å²) in [6.07, 6.45) is 2.41. The summed E-state index contributed by atoms with van der Waals surface area (Å²) < 4.78 is 7.19. The minimum Gasteiger partial charge on any atom is -0.481 e. The lowest BCUT2D eigenvalue weighted by Gasteiger charge is -2.05. The maximum atomic E-state index is 6.19. The summed E-state index contributed by atoms with van der Waals surface area (Å²) in [5, 5.41) is 5.92. The molecule has 22 heavy (non-hydrogen) atoms. The quantitative estimate of drug-likeness (QED) is 0.751. The summed E-state index contributed by atoms with van der Waals surface area (Å²) in [5.41, 5.74) is 10.1. The summed E-state index contributed by atoms with van der Waals surface area (Å²) in [7, 11) is 1.63. The number of rotatable bonds is 4. The molecule has 1 fully saturated rings. The van der Waals surface area contributed by atoms with Crippen molar-refractivity contribution in [2.24, 2.45) is 0 Å². The molecular weight excluding hydrogens is 276 g/mol. The van der Waals surface area contributed by atoms with E-state index in [9.17, 15) is 0 Å². The summed E-state index contributed by atoms with van der Waals surface area (Å²) in [4.78, 5) is 4.47. The summed E-state index contributed by atoms with van der Waals surface area (Å²) in [6, 6.07) is 11.8. The van der Waals surface area contributed by atoms with E-state index >= 15 is 0 Å². The molecule has 0 radical (unpaired) electrons. The zero-order chi connectivity index (χ0) is 15.1. The van der Waals surface area contributed by atoms with E-state index in [2.05, 4.69) is 11.1 Å². The van der Waals surface area contributed by atoms with Gasteiger partial charge in [-0.3, -0.25) is 4.68 Å². The topological polar surface area (TPSA) is 66.0 Å². The van der Waals surface area contributed by atoms with E-state index in [4.69, 9.17) is 15.6 Å². The van der Waals surface area contributed by atoms with E-state index in [0.717, 1.165) is 28.0 Å². The van der Waals surface area contributed by atoms with Crippen molar-refractivity contribution in [2.75, 3.05) is 12.8 Å². The number of nitrogens with zero attached hydrogens (tertiary/aromatic N) is 3. The van der Waals surface area contributed by atoms with Crippen LogP contribution in [0.25, 0.3) is 10.9 Å². The summed E-state index contributed by atoms with van der Waals surface area (Å²) >= 11 is 0. The molecule has 1 aromatic carbocycles. The SMILES string of the molecule is COc1cccc(Cn2nc(C3CC3)c3c(N)cccc32)n1. The summed E-state index contributed by atoms with van der Waals surface area (Å²) in [5.74, 6) is 1.18. The van der Waals surface area contributed by atoms with E-state index in [1.807, 2.05) is 35.0 Å². The van der Waals surface area contributed by atoms with Crippen molar-refractivity contribution in [1.82, 2.24) is 14.8 Å². The highest BCUT2D eigenvalue weighted by atomic mass is 16.5. The number of hydrogen-bond donors (Lipinski definition) is 1. The van der Waals surface area contributed by atoms with Crippen LogP contribution in [0.15, 0.2) is 36.4 Å². The lowest BCUT2D eigenvalue weighted by Crippen LogP contribution is -2.04. The molecule has 3 aromatic rings. The summed E-state index contributed by atoms with van der Waals surface area (Å²) in [6.45, 7) is 0.615. The molecule has 1 aliphatic carbocycles. The number of hydrogen-bond acceptors (Lipinski definition) is 4. The van der Waals surface area contributed by atoms with Crippen molar-refractivity contribution >= 4 is 16.6 Å². The van der Waals surface area contributed by atoms with Gasteiger partial charge in [0, 0.05) is 23.1 Å². The monoisotopic (exact) mass is 294 g/mol. The van der Waals surface area contributed by atoms with Crippen LogP contribution >= 0.6 is 0 Å². The first kappa shape index (κ1) is 13.1. The Kier molecular flexibility index (Phi) is 2.99. The fraction of sp³-hybridized carbons (Fsp3) is 0.294. The number of anilines is 1.